The fourth-order valence-corrected chi connectivity index (χ4v) is 4.03. The molecule has 0 aliphatic heterocycles. The zero-order valence-corrected chi connectivity index (χ0v) is 13.0. The van der Waals surface area contributed by atoms with Gasteiger partial charge in [0.2, 0.25) is 5.82 Å². The summed E-state index contributed by atoms with van der Waals surface area (Å²) in [5, 5.41) is 6.29. The highest BCUT2D eigenvalue weighted by atomic mass is 32.1. The zero-order chi connectivity index (χ0) is 14.9. The first-order valence-electron chi connectivity index (χ1n) is 7.58. The van der Waals surface area contributed by atoms with Crippen molar-refractivity contribution in [2.45, 2.75) is 32.2 Å². The molecule has 0 saturated carbocycles. The van der Waals surface area contributed by atoms with Crippen LogP contribution in [0.3, 0.4) is 0 Å². The molecule has 4 rings (SSSR count). The van der Waals surface area contributed by atoms with Crippen molar-refractivity contribution in [2.75, 3.05) is 0 Å². The normalized spacial score (nSPS) is 14.0. The summed E-state index contributed by atoms with van der Waals surface area (Å²) in [6.07, 6.45) is 4.84. The lowest BCUT2D eigenvalue weighted by atomic mass is 9.96. The van der Waals surface area contributed by atoms with Gasteiger partial charge in [0.05, 0.1) is 5.56 Å². The monoisotopic (exact) mass is 311 g/mol. The Bertz CT molecular complexity index is 789. The Kier molecular flexibility index (Phi) is 3.52. The molecule has 2 aromatic heterocycles. The summed E-state index contributed by atoms with van der Waals surface area (Å²) in [6.45, 7) is 0.540. The lowest BCUT2D eigenvalue weighted by Crippen LogP contribution is -1.99. The van der Waals surface area contributed by atoms with Crippen LogP contribution in [0.1, 0.15) is 28.8 Å². The number of hydrogen-bond acceptors (Lipinski definition) is 5. The summed E-state index contributed by atoms with van der Waals surface area (Å²) in [6, 6.07) is 7.97. The molecule has 0 amide bonds. The third kappa shape index (κ3) is 2.36. The van der Waals surface area contributed by atoms with Crippen LogP contribution in [0.4, 0.5) is 0 Å². The summed E-state index contributed by atoms with van der Waals surface area (Å²) in [5.41, 5.74) is 10.2. The first-order chi connectivity index (χ1) is 10.8. The van der Waals surface area contributed by atoms with E-state index in [0.29, 0.717) is 18.3 Å². The smallest absolute Gasteiger partial charge is 0.259 e. The van der Waals surface area contributed by atoms with Gasteiger partial charge in [0.1, 0.15) is 0 Å². The van der Waals surface area contributed by atoms with Gasteiger partial charge < -0.3 is 10.3 Å². The first kappa shape index (κ1) is 13.7. The van der Waals surface area contributed by atoms with E-state index in [1.807, 2.05) is 35.6 Å². The molecule has 3 aromatic rings. The van der Waals surface area contributed by atoms with Crippen molar-refractivity contribution in [3.63, 3.8) is 0 Å². The minimum atomic E-state index is 0.540. The molecule has 2 N–H and O–H groups in total. The molecule has 0 bridgehead atoms. The third-order valence-corrected chi connectivity index (χ3v) is 5.25. The van der Waals surface area contributed by atoms with E-state index in [4.69, 9.17) is 10.3 Å². The predicted molar refractivity (Wildman–Crippen MR) is 87.6 cm³/mol. The van der Waals surface area contributed by atoms with Crippen LogP contribution in [0.15, 0.2) is 34.2 Å². The average Bonchev–Trinajstić information content (AvgIpc) is 3.21. The van der Waals surface area contributed by atoms with Gasteiger partial charge in [0.25, 0.3) is 5.89 Å². The van der Waals surface area contributed by atoms with Gasteiger partial charge in [-0.15, -0.1) is 11.3 Å². The lowest BCUT2D eigenvalue weighted by molar-refractivity contribution is 0.432. The standard InChI is InChI=1S/C17H17N3OS/c18-9-11-5-7-12(8-6-11)16-19-17(21-20-16)14-10-22-15-4-2-1-3-13(14)15/h5-8,10H,1-4,9,18H2. The van der Waals surface area contributed by atoms with Crippen LogP contribution in [0.2, 0.25) is 0 Å². The van der Waals surface area contributed by atoms with E-state index in [9.17, 15) is 0 Å². The van der Waals surface area contributed by atoms with Gasteiger partial charge in [-0.3, -0.25) is 0 Å². The van der Waals surface area contributed by atoms with Gasteiger partial charge in [-0.05, 0) is 36.8 Å². The van der Waals surface area contributed by atoms with Crippen LogP contribution in [-0.4, -0.2) is 10.1 Å². The molecule has 0 radical (unpaired) electrons. The second kappa shape index (κ2) is 5.66. The molecular formula is C17H17N3OS. The number of fused-ring (bicyclic) bond motifs is 1. The number of benzene rings is 1. The Morgan fingerprint density at radius 3 is 2.77 bits per heavy atom. The molecule has 1 aliphatic carbocycles. The van der Waals surface area contributed by atoms with Crippen molar-refractivity contribution >= 4 is 11.3 Å². The van der Waals surface area contributed by atoms with Crippen molar-refractivity contribution < 1.29 is 4.52 Å². The average molecular weight is 311 g/mol. The summed E-state index contributed by atoms with van der Waals surface area (Å²) in [4.78, 5) is 6.06. The maximum atomic E-state index is 5.62. The van der Waals surface area contributed by atoms with Crippen LogP contribution in [0.5, 0.6) is 0 Å². The number of rotatable bonds is 3. The SMILES string of the molecule is NCc1ccc(-c2noc(-c3csc4c3CCCC4)n2)cc1. The molecule has 4 nitrogen and oxygen atoms in total. The van der Waals surface area contributed by atoms with Crippen molar-refractivity contribution in [3.05, 3.63) is 45.6 Å². The highest BCUT2D eigenvalue weighted by molar-refractivity contribution is 7.10. The lowest BCUT2D eigenvalue weighted by Gasteiger charge is -2.10. The largest absolute Gasteiger partial charge is 0.334 e. The van der Waals surface area contributed by atoms with E-state index in [2.05, 4.69) is 15.5 Å². The number of aryl methyl sites for hydroxylation is 1. The maximum Gasteiger partial charge on any atom is 0.259 e. The molecule has 112 valence electrons. The third-order valence-electron chi connectivity index (χ3n) is 4.17. The number of nitrogens with two attached hydrogens (primary N) is 1. The van der Waals surface area contributed by atoms with E-state index >= 15 is 0 Å². The Labute approximate surface area is 133 Å². The van der Waals surface area contributed by atoms with E-state index in [0.717, 1.165) is 23.1 Å². The summed E-state index contributed by atoms with van der Waals surface area (Å²) < 4.78 is 5.51. The Morgan fingerprint density at radius 1 is 1.14 bits per heavy atom. The van der Waals surface area contributed by atoms with Crippen LogP contribution < -0.4 is 5.73 Å². The first-order valence-corrected chi connectivity index (χ1v) is 8.46. The van der Waals surface area contributed by atoms with Crippen LogP contribution >= 0.6 is 11.3 Å². The van der Waals surface area contributed by atoms with Crippen molar-refractivity contribution in [1.29, 1.82) is 0 Å². The van der Waals surface area contributed by atoms with E-state index in [-0.39, 0.29) is 0 Å². The second-order valence-corrected chi connectivity index (χ2v) is 6.55. The van der Waals surface area contributed by atoms with Crippen molar-refractivity contribution in [2.24, 2.45) is 5.73 Å². The number of hydrogen-bond donors (Lipinski definition) is 1. The van der Waals surface area contributed by atoms with E-state index in [1.165, 1.54) is 29.7 Å². The molecule has 22 heavy (non-hydrogen) atoms. The summed E-state index contributed by atoms with van der Waals surface area (Å²) >= 11 is 1.82. The Morgan fingerprint density at radius 2 is 1.95 bits per heavy atom. The molecule has 0 saturated heterocycles. The Hall–Kier alpha value is -1.98. The van der Waals surface area contributed by atoms with Gasteiger partial charge in [-0.25, -0.2) is 0 Å². The molecule has 1 aliphatic rings. The second-order valence-electron chi connectivity index (χ2n) is 5.58. The number of aromatic nitrogens is 2. The molecule has 0 atom stereocenters. The zero-order valence-electron chi connectivity index (χ0n) is 12.2. The number of thiophene rings is 1. The fourth-order valence-electron chi connectivity index (χ4n) is 2.91. The molecule has 0 fully saturated rings. The van der Waals surface area contributed by atoms with Gasteiger partial charge >= 0.3 is 0 Å². The van der Waals surface area contributed by atoms with Gasteiger partial charge in [-0.1, -0.05) is 29.4 Å². The summed E-state index contributed by atoms with van der Waals surface area (Å²) in [7, 11) is 0. The number of nitrogens with zero attached hydrogens (tertiary/aromatic N) is 2. The minimum Gasteiger partial charge on any atom is -0.334 e. The fraction of sp³-hybridized carbons (Fsp3) is 0.294. The highest BCUT2D eigenvalue weighted by Crippen LogP contribution is 2.36. The molecule has 5 heteroatoms. The summed E-state index contributed by atoms with van der Waals surface area (Å²) in [5.74, 6) is 1.27. The van der Waals surface area contributed by atoms with Gasteiger partial charge in [-0.2, -0.15) is 4.98 Å². The van der Waals surface area contributed by atoms with Crippen LogP contribution in [0.25, 0.3) is 22.8 Å². The van der Waals surface area contributed by atoms with Crippen molar-refractivity contribution in [3.8, 4) is 22.8 Å². The Balaban J connectivity index is 1.67. The van der Waals surface area contributed by atoms with Crippen LogP contribution in [-0.2, 0) is 19.4 Å². The minimum absolute atomic E-state index is 0.540. The van der Waals surface area contributed by atoms with Crippen LogP contribution in [0, 0.1) is 0 Å². The van der Waals surface area contributed by atoms with E-state index < -0.39 is 0 Å². The van der Waals surface area contributed by atoms with Crippen molar-refractivity contribution in [1.82, 2.24) is 10.1 Å². The highest BCUT2D eigenvalue weighted by Gasteiger charge is 2.20. The molecular weight excluding hydrogens is 294 g/mol. The van der Waals surface area contributed by atoms with Gasteiger partial charge in [0, 0.05) is 22.4 Å². The molecule has 2 heterocycles. The predicted octanol–water partition coefficient (Wildman–Crippen LogP) is 3.80. The maximum absolute atomic E-state index is 5.62. The topological polar surface area (TPSA) is 64.9 Å². The quantitative estimate of drug-likeness (QED) is 0.799. The molecule has 0 unspecified atom stereocenters. The van der Waals surface area contributed by atoms with E-state index in [1.54, 1.807) is 0 Å². The van der Waals surface area contributed by atoms with Gasteiger partial charge in [0.15, 0.2) is 0 Å². The molecule has 0 spiro atoms. The molecule has 1 aromatic carbocycles.